The highest BCUT2D eigenvalue weighted by Crippen LogP contribution is 2.31. The second-order valence-electron chi connectivity index (χ2n) is 6.60. The fourth-order valence-corrected chi connectivity index (χ4v) is 3.12. The Hall–Kier alpha value is -0.990. The van der Waals surface area contributed by atoms with Gasteiger partial charge in [0, 0.05) is 12.3 Å². The van der Waals surface area contributed by atoms with Gasteiger partial charge in [-0.2, -0.15) is 0 Å². The average molecular weight is 330 g/mol. The van der Waals surface area contributed by atoms with E-state index in [2.05, 4.69) is 6.92 Å². The lowest BCUT2D eigenvalue weighted by molar-refractivity contribution is -0.288. The zero-order valence-electron chi connectivity index (χ0n) is 13.5. The van der Waals surface area contributed by atoms with E-state index in [9.17, 15) is 20.1 Å². The number of ether oxygens (including phenoxy) is 2. The maximum atomic E-state index is 12.1. The summed E-state index contributed by atoms with van der Waals surface area (Å²) in [6, 6.07) is 0. The van der Waals surface area contributed by atoms with Crippen LogP contribution in [0.4, 0.5) is 0 Å². The zero-order chi connectivity index (χ0) is 17.1. The molecule has 0 unspecified atom stereocenters. The lowest BCUT2D eigenvalue weighted by Gasteiger charge is -2.39. The molecule has 0 aromatic rings. The number of carbonyl (C=O) groups is 1. The third-order valence-corrected chi connectivity index (χ3v) is 4.67. The van der Waals surface area contributed by atoms with Gasteiger partial charge < -0.3 is 29.9 Å². The van der Waals surface area contributed by atoms with Gasteiger partial charge in [0.25, 0.3) is 0 Å². The minimum Gasteiger partial charge on any atom is -0.470 e. The summed E-state index contributed by atoms with van der Waals surface area (Å²) in [4.78, 5) is 12.1. The minimum absolute atomic E-state index is 0.176. The molecule has 0 aromatic heterocycles. The summed E-state index contributed by atoms with van der Waals surface area (Å²) in [6.07, 6.45) is -2.90. The molecule has 0 aromatic carbocycles. The Balaban J connectivity index is 1.99. The van der Waals surface area contributed by atoms with E-state index in [1.807, 2.05) is 0 Å². The van der Waals surface area contributed by atoms with Crippen molar-refractivity contribution in [2.24, 2.45) is 11.8 Å². The van der Waals surface area contributed by atoms with E-state index in [-0.39, 0.29) is 11.7 Å². The fourth-order valence-electron chi connectivity index (χ4n) is 3.12. The summed E-state index contributed by atoms with van der Waals surface area (Å²) in [5.41, 5.74) is 0.735. The van der Waals surface area contributed by atoms with Gasteiger partial charge in [-0.1, -0.05) is 6.92 Å². The van der Waals surface area contributed by atoms with Crippen LogP contribution >= 0.6 is 0 Å². The summed E-state index contributed by atoms with van der Waals surface area (Å²) >= 11 is 0. The van der Waals surface area contributed by atoms with Crippen LogP contribution in [-0.2, 0) is 14.3 Å². The number of ketones is 1. The number of allylic oxidation sites excluding steroid dienone is 1. The van der Waals surface area contributed by atoms with Gasteiger partial charge in [-0.3, -0.25) is 4.79 Å². The third kappa shape index (κ3) is 4.10. The van der Waals surface area contributed by atoms with Gasteiger partial charge in [0.2, 0.25) is 6.29 Å². The van der Waals surface area contributed by atoms with Crippen molar-refractivity contribution in [2.45, 2.75) is 63.8 Å². The molecule has 0 spiro atoms. The normalized spacial score (nSPS) is 42.6. The van der Waals surface area contributed by atoms with Crippen LogP contribution in [0.1, 0.15) is 33.1 Å². The van der Waals surface area contributed by atoms with E-state index in [4.69, 9.17) is 14.6 Å². The maximum Gasteiger partial charge on any atom is 0.228 e. The van der Waals surface area contributed by atoms with Crippen molar-refractivity contribution in [3.63, 3.8) is 0 Å². The summed E-state index contributed by atoms with van der Waals surface area (Å²) < 4.78 is 10.6. The van der Waals surface area contributed by atoms with E-state index in [0.717, 1.165) is 18.4 Å². The minimum atomic E-state index is -1.48. The standard InChI is InChI=1S/C16H26O7/c1-8-3-4-10(11(18)5-8)9(2)7-22-16-15(21)14(20)13(19)12(6-17)23-16/h7-8,10,12-17,19-21H,3-6H2,1-2H3/b9-7+/t8-,10-,12-,13-,14+,15-,16-/m1/s1. The van der Waals surface area contributed by atoms with Crippen LogP contribution in [0, 0.1) is 11.8 Å². The smallest absolute Gasteiger partial charge is 0.228 e. The van der Waals surface area contributed by atoms with E-state index < -0.39 is 37.3 Å². The molecule has 2 rings (SSSR count). The van der Waals surface area contributed by atoms with Crippen molar-refractivity contribution < 1.29 is 34.7 Å². The van der Waals surface area contributed by atoms with Crippen LogP contribution in [0.3, 0.4) is 0 Å². The Morgan fingerprint density at radius 2 is 1.96 bits per heavy atom. The van der Waals surface area contributed by atoms with Gasteiger partial charge in [-0.15, -0.1) is 0 Å². The maximum absolute atomic E-state index is 12.1. The Bertz CT molecular complexity index is 448. The third-order valence-electron chi connectivity index (χ3n) is 4.67. The summed E-state index contributed by atoms with van der Waals surface area (Å²) in [6.45, 7) is 3.33. The van der Waals surface area contributed by atoms with Crippen LogP contribution in [0.5, 0.6) is 0 Å². The van der Waals surface area contributed by atoms with Crippen molar-refractivity contribution in [2.75, 3.05) is 6.61 Å². The Labute approximate surface area is 135 Å². The molecule has 132 valence electrons. The first-order valence-electron chi connectivity index (χ1n) is 8.00. The largest absolute Gasteiger partial charge is 0.470 e. The van der Waals surface area contributed by atoms with Gasteiger partial charge >= 0.3 is 0 Å². The van der Waals surface area contributed by atoms with E-state index in [1.165, 1.54) is 6.26 Å². The molecule has 1 saturated carbocycles. The molecule has 1 saturated heterocycles. The number of carbonyl (C=O) groups excluding carboxylic acids is 1. The summed E-state index contributed by atoms with van der Waals surface area (Å²) in [7, 11) is 0. The number of hydrogen-bond acceptors (Lipinski definition) is 7. The van der Waals surface area contributed by atoms with E-state index >= 15 is 0 Å². The Morgan fingerprint density at radius 3 is 2.57 bits per heavy atom. The molecule has 1 heterocycles. The van der Waals surface area contributed by atoms with Crippen molar-refractivity contribution in [3.05, 3.63) is 11.8 Å². The number of aliphatic hydroxyl groups excluding tert-OH is 4. The molecule has 2 aliphatic rings. The highest BCUT2D eigenvalue weighted by atomic mass is 16.7. The summed E-state index contributed by atoms with van der Waals surface area (Å²) in [5, 5.41) is 38.4. The van der Waals surface area contributed by atoms with Crippen LogP contribution in [0.25, 0.3) is 0 Å². The number of hydrogen-bond donors (Lipinski definition) is 4. The molecule has 1 aliphatic carbocycles. The monoisotopic (exact) mass is 330 g/mol. The molecule has 7 nitrogen and oxygen atoms in total. The van der Waals surface area contributed by atoms with Crippen LogP contribution in [0.15, 0.2) is 11.8 Å². The first kappa shape index (κ1) is 18.4. The first-order valence-corrected chi connectivity index (χ1v) is 8.00. The lowest BCUT2D eigenvalue weighted by Crippen LogP contribution is -2.58. The molecule has 0 bridgehead atoms. The quantitative estimate of drug-likeness (QED) is 0.523. The molecule has 7 atom stereocenters. The fraction of sp³-hybridized carbons (Fsp3) is 0.812. The Kier molecular flexibility index (Phi) is 6.16. The van der Waals surface area contributed by atoms with Crippen molar-refractivity contribution in [1.29, 1.82) is 0 Å². The van der Waals surface area contributed by atoms with Crippen molar-refractivity contribution in [3.8, 4) is 0 Å². The number of rotatable bonds is 4. The first-order chi connectivity index (χ1) is 10.8. The summed E-state index contributed by atoms with van der Waals surface area (Å²) in [5.74, 6) is 0.379. The molecular weight excluding hydrogens is 304 g/mol. The predicted molar refractivity (Wildman–Crippen MR) is 80.1 cm³/mol. The van der Waals surface area contributed by atoms with E-state index in [1.54, 1.807) is 6.92 Å². The Morgan fingerprint density at radius 1 is 1.26 bits per heavy atom. The molecule has 2 fully saturated rings. The van der Waals surface area contributed by atoms with Crippen molar-refractivity contribution >= 4 is 5.78 Å². The second-order valence-corrected chi connectivity index (χ2v) is 6.60. The highest BCUT2D eigenvalue weighted by Gasteiger charge is 2.44. The topological polar surface area (TPSA) is 116 Å². The number of aliphatic hydroxyl groups is 4. The SMILES string of the molecule is C/C(=C\O[C@@H]1O[C@H](CO)[C@@H](O)[C@H](O)[C@H]1O)[C@H]1CC[C@@H](C)CC1=O. The average Bonchev–Trinajstić information content (AvgIpc) is 2.51. The second kappa shape index (κ2) is 7.72. The number of Topliss-reactive ketones (excluding diaryl/α,β-unsaturated/α-hetero) is 1. The highest BCUT2D eigenvalue weighted by molar-refractivity contribution is 5.84. The zero-order valence-corrected chi connectivity index (χ0v) is 13.5. The van der Waals surface area contributed by atoms with Gasteiger partial charge in [-0.05, 0) is 31.3 Å². The van der Waals surface area contributed by atoms with Gasteiger partial charge in [0.15, 0.2) is 0 Å². The van der Waals surface area contributed by atoms with Gasteiger partial charge in [-0.25, -0.2) is 0 Å². The molecular formula is C16H26O7. The lowest BCUT2D eigenvalue weighted by atomic mass is 9.79. The molecule has 7 heteroatoms. The van der Waals surface area contributed by atoms with Crippen LogP contribution in [-0.4, -0.2) is 63.5 Å². The van der Waals surface area contributed by atoms with Gasteiger partial charge in [0.05, 0.1) is 12.9 Å². The van der Waals surface area contributed by atoms with Crippen LogP contribution in [0.2, 0.25) is 0 Å². The molecule has 0 amide bonds. The predicted octanol–water partition coefficient (Wildman–Crippen LogP) is -0.288. The molecule has 1 aliphatic heterocycles. The van der Waals surface area contributed by atoms with Gasteiger partial charge in [0.1, 0.15) is 30.2 Å². The van der Waals surface area contributed by atoms with Crippen LogP contribution < -0.4 is 0 Å². The molecule has 4 N–H and O–H groups in total. The van der Waals surface area contributed by atoms with Crippen molar-refractivity contribution in [1.82, 2.24) is 0 Å². The molecule has 23 heavy (non-hydrogen) atoms. The van der Waals surface area contributed by atoms with E-state index in [0.29, 0.717) is 12.3 Å². The molecule has 0 radical (unpaired) electrons.